The number of aromatic nitrogens is 3. The van der Waals surface area contributed by atoms with Gasteiger partial charge in [-0.1, -0.05) is 6.07 Å². The van der Waals surface area contributed by atoms with Gasteiger partial charge in [0.2, 0.25) is 0 Å². The van der Waals surface area contributed by atoms with Crippen LogP contribution in [0.2, 0.25) is 0 Å². The summed E-state index contributed by atoms with van der Waals surface area (Å²) in [4.78, 5) is 7.23. The second-order valence-corrected chi connectivity index (χ2v) is 8.50. The van der Waals surface area contributed by atoms with Crippen molar-refractivity contribution in [2.75, 3.05) is 10.5 Å². The Bertz CT molecular complexity index is 1470. The molecule has 166 valence electrons. The number of nitrogens with one attached hydrogen (secondary N) is 1. The number of nitrogens with zero attached hydrogens (tertiary/aromatic N) is 3. The molecule has 0 spiro atoms. The number of fused-ring (bicyclic) bond motifs is 1. The summed E-state index contributed by atoms with van der Waals surface area (Å²) in [6.07, 6.45) is 3.04. The fraction of sp³-hybridized carbons (Fsp3) is 0.100. The van der Waals surface area contributed by atoms with Gasteiger partial charge in [-0.2, -0.15) is 0 Å². The fourth-order valence-corrected chi connectivity index (χ4v) is 4.52. The maximum atomic E-state index is 15.4. The lowest BCUT2D eigenvalue weighted by Gasteiger charge is -2.13. The van der Waals surface area contributed by atoms with Crippen LogP contribution < -0.4 is 10.5 Å². The van der Waals surface area contributed by atoms with Crippen LogP contribution in [0.25, 0.3) is 16.8 Å². The Balaban J connectivity index is 1.83. The quantitative estimate of drug-likeness (QED) is 0.418. The third-order valence-electron chi connectivity index (χ3n) is 4.80. The summed E-state index contributed by atoms with van der Waals surface area (Å²) < 4.78 is 72.5. The number of hydrogen-bond acceptors (Lipinski definition) is 6. The highest BCUT2D eigenvalue weighted by molar-refractivity contribution is 7.92. The molecule has 0 aliphatic heterocycles. The highest BCUT2D eigenvalue weighted by atomic mass is 32.2. The van der Waals surface area contributed by atoms with Crippen LogP contribution in [0.15, 0.2) is 47.6 Å². The number of rotatable bonds is 5. The molecule has 0 fully saturated rings. The summed E-state index contributed by atoms with van der Waals surface area (Å²) in [6, 6.07) is 4.96. The predicted octanol–water partition coefficient (Wildman–Crippen LogP) is 3.00. The zero-order valence-corrected chi connectivity index (χ0v) is 17.3. The van der Waals surface area contributed by atoms with E-state index in [0.717, 1.165) is 6.07 Å². The molecule has 32 heavy (non-hydrogen) atoms. The summed E-state index contributed by atoms with van der Waals surface area (Å²) in [6.45, 7) is 0.754. The van der Waals surface area contributed by atoms with Crippen LogP contribution in [0, 0.1) is 24.4 Å². The van der Waals surface area contributed by atoms with E-state index in [4.69, 9.17) is 10.8 Å². The highest BCUT2D eigenvalue weighted by Crippen LogP contribution is 2.33. The minimum atomic E-state index is -4.74. The van der Waals surface area contributed by atoms with E-state index < -0.39 is 50.2 Å². The second kappa shape index (κ2) is 7.80. The Morgan fingerprint density at radius 3 is 2.66 bits per heavy atom. The van der Waals surface area contributed by atoms with Crippen molar-refractivity contribution in [3.63, 3.8) is 0 Å². The number of anilines is 2. The molecular weight excluding hydrogens is 447 g/mol. The lowest BCUT2D eigenvalue weighted by molar-refractivity contribution is 0.273. The number of imidazole rings is 1. The van der Waals surface area contributed by atoms with Gasteiger partial charge in [0.05, 0.1) is 12.3 Å². The highest BCUT2D eigenvalue weighted by Gasteiger charge is 2.26. The van der Waals surface area contributed by atoms with Crippen molar-refractivity contribution in [1.29, 1.82) is 0 Å². The van der Waals surface area contributed by atoms with Gasteiger partial charge in [-0.25, -0.2) is 31.6 Å². The first-order valence-electron chi connectivity index (χ1n) is 9.13. The number of benzene rings is 2. The average Bonchev–Trinajstić information content (AvgIpc) is 3.08. The minimum Gasteiger partial charge on any atom is -0.392 e. The number of aliphatic hydroxyl groups is 1. The SMILES string of the molecule is Cc1nc(-c2cccc(NS(=O)(=O)c3cc(F)cc(CO)c3F)c2F)c2c(N)nccn12. The molecule has 12 heteroatoms. The Kier molecular flexibility index (Phi) is 5.26. The first kappa shape index (κ1) is 21.6. The van der Waals surface area contributed by atoms with E-state index in [2.05, 4.69) is 9.97 Å². The van der Waals surface area contributed by atoms with Crippen LogP contribution in [0.1, 0.15) is 11.4 Å². The van der Waals surface area contributed by atoms with Crippen molar-refractivity contribution in [2.24, 2.45) is 0 Å². The number of nitrogens with two attached hydrogens (primary N) is 1. The lowest BCUT2D eigenvalue weighted by atomic mass is 10.1. The second-order valence-electron chi connectivity index (χ2n) is 6.85. The molecule has 2 heterocycles. The van der Waals surface area contributed by atoms with Gasteiger partial charge in [0.1, 0.15) is 39.4 Å². The van der Waals surface area contributed by atoms with Gasteiger partial charge < -0.3 is 10.8 Å². The lowest BCUT2D eigenvalue weighted by Crippen LogP contribution is -2.17. The van der Waals surface area contributed by atoms with Crippen LogP contribution in [-0.4, -0.2) is 27.9 Å². The molecule has 0 saturated heterocycles. The topological polar surface area (TPSA) is 123 Å². The number of aliphatic hydroxyl groups excluding tert-OH is 1. The van der Waals surface area contributed by atoms with Gasteiger partial charge in [-0.3, -0.25) is 9.12 Å². The van der Waals surface area contributed by atoms with Gasteiger partial charge in [0, 0.05) is 23.5 Å². The van der Waals surface area contributed by atoms with E-state index in [1.165, 1.54) is 18.3 Å². The van der Waals surface area contributed by atoms with Gasteiger partial charge in [0.25, 0.3) is 10.0 Å². The largest absolute Gasteiger partial charge is 0.392 e. The summed E-state index contributed by atoms with van der Waals surface area (Å²) in [5.41, 5.74) is 5.24. The predicted molar refractivity (Wildman–Crippen MR) is 111 cm³/mol. The molecule has 4 aromatic rings. The molecule has 4 N–H and O–H groups in total. The molecule has 0 saturated carbocycles. The van der Waals surface area contributed by atoms with Gasteiger partial charge in [-0.15, -0.1) is 0 Å². The van der Waals surface area contributed by atoms with Gasteiger partial charge >= 0.3 is 0 Å². The smallest absolute Gasteiger partial charge is 0.265 e. The van der Waals surface area contributed by atoms with Crippen LogP contribution in [0.4, 0.5) is 24.7 Å². The Labute approximate surface area is 180 Å². The number of nitrogen functional groups attached to an aromatic ring is 1. The van der Waals surface area contributed by atoms with E-state index in [-0.39, 0.29) is 17.1 Å². The van der Waals surface area contributed by atoms with E-state index in [1.807, 2.05) is 4.72 Å². The number of halogens is 3. The molecule has 0 unspecified atom stereocenters. The van der Waals surface area contributed by atoms with Crippen molar-refractivity contribution in [3.05, 3.63) is 71.6 Å². The standard InChI is InChI=1S/C20H16F3N5O3S/c1-10-26-18(19-20(24)25-5-6-28(10)19)13-3-2-4-14(17(13)23)27-32(30,31)15-8-12(21)7-11(9-29)16(15)22/h2-8,27,29H,9H2,1H3,(H2,24,25). The molecule has 0 amide bonds. The summed E-state index contributed by atoms with van der Waals surface area (Å²) in [5, 5.41) is 9.13. The Morgan fingerprint density at radius 1 is 1.19 bits per heavy atom. The van der Waals surface area contributed by atoms with E-state index in [9.17, 15) is 17.2 Å². The molecule has 0 atom stereocenters. The van der Waals surface area contributed by atoms with Crippen molar-refractivity contribution in [2.45, 2.75) is 18.4 Å². The third-order valence-corrected chi connectivity index (χ3v) is 6.16. The Morgan fingerprint density at radius 2 is 1.94 bits per heavy atom. The van der Waals surface area contributed by atoms with Crippen LogP contribution in [0.5, 0.6) is 0 Å². The molecule has 2 aromatic heterocycles. The fourth-order valence-electron chi connectivity index (χ4n) is 3.32. The molecule has 2 aromatic carbocycles. The zero-order chi connectivity index (χ0) is 23.2. The molecule has 0 aliphatic rings. The average molecular weight is 463 g/mol. The molecule has 8 nitrogen and oxygen atoms in total. The van der Waals surface area contributed by atoms with Gasteiger partial charge in [0.15, 0.2) is 5.82 Å². The van der Waals surface area contributed by atoms with Crippen molar-refractivity contribution >= 4 is 27.0 Å². The van der Waals surface area contributed by atoms with Gasteiger partial charge in [-0.05, 0) is 31.2 Å². The van der Waals surface area contributed by atoms with Crippen molar-refractivity contribution in [1.82, 2.24) is 14.4 Å². The molecule has 0 radical (unpaired) electrons. The third kappa shape index (κ3) is 3.52. The van der Waals surface area contributed by atoms with E-state index in [0.29, 0.717) is 23.5 Å². The summed E-state index contributed by atoms with van der Waals surface area (Å²) in [7, 11) is -4.74. The normalized spacial score (nSPS) is 11.8. The molecule has 0 bridgehead atoms. The zero-order valence-electron chi connectivity index (χ0n) is 16.5. The van der Waals surface area contributed by atoms with E-state index in [1.54, 1.807) is 17.5 Å². The number of sulfonamides is 1. The van der Waals surface area contributed by atoms with Crippen molar-refractivity contribution < 1.29 is 26.7 Å². The molecule has 4 rings (SSSR count). The number of hydrogen-bond donors (Lipinski definition) is 3. The Hall–Kier alpha value is -3.64. The summed E-state index contributed by atoms with van der Waals surface area (Å²) in [5.74, 6) is -2.83. The van der Waals surface area contributed by atoms with Crippen LogP contribution >= 0.6 is 0 Å². The maximum Gasteiger partial charge on any atom is 0.265 e. The maximum absolute atomic E-state index is 15.4. The summed E-state index contributed by atoms with van der Waals surface area (Å²) >= 11 is 0. The van der Waals surface area contributed by atoms with Crippen LogP contribution in [-0.2, 0) is 16.6 Å². The molecular formula is C20H16F3N5O3S. The minimum absolute atomic E-state index is 0.0775. The van der Waals surface area contributed by atoms with Crippen LogP contribution in [0.3, 0.4) is 0 Å². The van der Waals surface area contributed by atoms with E-state index >= 15 is 4.39 Å². The molecule has 0 aliphatic carbocycles. The monoisotopic (exact) mass is 463 g/mol. The first-order chi connectivity index (χ1) is 15.1. The first-order valence-corrected chi connectivity index (χ1v) is 10.6. The van der Waals surface area contributed by atoms with Crippen molar-refractivity contribution in [3.8, 4) is 11.3 Å². The number of aryl methyl sites for hydroxylation is 1.